The van der Waals surface area contributed by atoms with Gasteiger partial charge in [0, 0.05) is 5.02 Å². The van der Waals surface area contributed by atoms with Gasteiger partial charge in [-0.3, -0.25) is 4.79 Å². The summed E-state index contributed by atoms with van der Waals surface area (Å²) in [5.41, 5.74) is 3.37. The van der Waals surface area contributed by atoms with Crippen LogP contribution in [0.5, 0.6) is 0 Å². The van der Waals surface area contributed by atoms with Crippen LogP contribution in [0.25, 0.3) is 0 Å². The molecule has 0 atom stereocenters. The first-order chi connectivity index (χ1) is 7.71. The number of amides is 1. The van der Waals surface area contributed by atoms with Crippen molar-refractivity contribution in [3.8, 4) is 0 Å². The molecule has 0 spiro atoms. The second-order valence-electron chi connectivity index (χ2n) is 3.13. The molecule has 0 aliphatic rings. The van der Waals surface area contributed by atoms with Crippen molar-refractivity contribution in [2.75, 3.05) is 11.9 Å². The number of carbonyl (C=O) groups excluding carboxylic acids is 1. The molecule has 0 aromatic heterocycles. The number of anilines is 1. The molecule has 0 unspecified atom stereocenters. The summed E-state index contributed by atoms with van der Waals surface area (Å²) < 4.78 is 38.0. The quantitative estimate of drug-likeness (QED) is 0.898. The van der Waals surface area contributed by atoms with Gasteiger partial charge in [-0.2, -0.15) is 13.2 Å². The van der Waals surface area contributed by atoms with Crippen molar-refractivity contribution in [3.63, 3.8) is 0 Å². The number of primary amides is 1. The fraction of sp³-hybridized carbons (Fsp3) is 0.222. The molecule has 1 aromatic carbocycles. The normalized spacial score (nSPS) is 11.4. The number of carbonyl (C=O) groups is 1. The first kappa shape index (κ1) is 13.9. The molecule has 0 bridgehead atoms. The molecule has 3 nitrogen and oxygen atoms in total. The third-order valence-electron chi connectivity index (χ3n) is 1.80. The van der Waals surface area contributed by atoms with Gasteiger partial charge in [-0.05, 0) is 12.1 Å². The number of hydrogen-bond acceptors (Lipinski definition) is 2. The maximum absolute atomic E-state index is 12.7. The fourth-order valence-electron chi connectivity index (χ4n) is 1.15. The minimum absolute atomic E-state index is 0.146. The van der Waals surface area contributed by atoms with E-state index >= 15 is 0 Å². The SMILES string of the molecule is NC(=O)CNc1c(Cl)cc(Cl)cc1C(F)(F)F. The largest absolute Gasteiger partial charge is 0.418 e. The van der Waals surface area contributed by atoms with E-state index in [1.54, 1.807) is 0 Å². The minimum atomic E-state index is -4.63. The van der Waals surface area contributed by atoms with Crippen molar-refractivity contribution in [1.82, 2.24) is 0 Å². The van der Waals surface area contributed by atoms with Crippen LogP contribution in [0.2, 0.25) is 10.0 Å². The van der Waals surface area contributed by atoms with Crippen molar-refractivity contribution in [3.05, 3.63) is 27.7 Å². The third-order valence-corrected chi connectivity index (χ3v) is 2.32. The molecule has 1 amide bonds. The topological polar surface area (TPSA) is 55.1 Å². The van der Waals surface area contributed by atoms with Crippen LogP contribution in [0.15, 0.2) is 12.1 Å². The van der Waals surface area contributed by atoms with E-state index in [2.05, 4.69) is 5.32 Å². The highest BCUT2D eigenvalue weighted by molar-refractivity contribution is 6.36. The fourth-order valence-corrected chi connectivity index (χ4v) is 1.71. The summed E-state index contributed by atoms with van der Waals surface area (Å²) in [6.45, 7) is -0.454. The minimum Gasteiger partial charge on any atom is -0.374 e. The number of halogens is 5. The van der Waals surface area contributed by atoms with Crippen LogP contribution in [-0.4, -0.2) is 12.5 Å². The predicted molar refractivity (Wildman–Crippen MR) is 59.1 cm³/mol. The Morgan fingerprint density at radius 3 is 2.41 bits per heavy atom. The van der Waals surface area contributed by atoms with Crippen molar-refractivity contribution in [1.29, 1.82) is 0 Å². The molecule has 1 aromatic rings. The second-order valence-corrected chi connectivity index (χ2v) is 3.97. The third kappa shape index (κ3) is 3.67. The maximum atomic E-state index is 12.7. The Labute approximate surface area is 105 Å². The maximum Gasteiger partial charge on any atom is 0.418 e. The number of nitrogens with two attached hydrogens (primary N) is 1. The first-order valence-electron chi connectivity index (χ1n) is 4.30. The molecule has 0 saturated heterocycles. The molecular formula is C9H7Cl2F3N2O. The van der Waals surface area contributed by atoms with Gasteiger partial charge in [-0.15, -0.1) is 0 Å². The van der Waals surface area contributed by atoms with Crippen LogP contribution in [0.1, 0.15) is 5.56 Å². The smallest absolute Gasteiger partial charge is 0.374 e. The number of benzene rings is 1. The van der Waals surface area contributed by atoms with Crippen LogP contribution in [0.4, 0.5) is 18.9 Å². The average molecular weight is 287 g/mol. The molecule has 94 valence electrons. The van der Waals surface area contributed by atoms with E-state index in [4.69, 9.17) is 28.9 Å². The van der Waals surface area contributed by atoms with Crippen molar-refractivity contribution >= 4 is 34.8 Å². The number of rotatable bonds is 3. The van der Waals surface area contributed by atoms with Crippen LogP contribution >= 0.6 is 23.2 Å². The zero-order chi connectivity index (χ0) is 13.2. The molecule has 1 rings (SSSR count). The zero-order valence-electron chi connectivity index (χ0n) is 8.24. The van der Waals surface area contributed by atoms with Gasteiger partial charge in [-0.1, -0.05) is 23.2 Å². The molecule has 17 heavy (non-hydrogen) atoms. The lowest BCUT2D eigenvalue weighted by Gasteiger charge is -2.15. The molecule has 0 saturated carbocycles. The van der Waals surface area contributed by atoms with E-state index in [1.165, 1.54) is 0 Å². The van der Waals surface area contributed by atoms with Gasteiger partial charge >= 0.3 is 6.18 Å². The highest BCUT2D eigenvalue weighted by atomic mass is 35.5. The van der Waals surface area contributed by atoms with E-state index in [-0.39, 0.29) is 10.0 Å². The van der Waals surface area contributed by atoms with Gasteiger partial charge in [0.05, 0.1) is 22.8 Å². The van der Waals surface area contributed by atoms with Gasteiger partial charge in [0.1, 0.15) is 0 Å². The van der Waals surface area contributed by atoms with E-state index in [0.29, 0.717) is 0 Å². The molecule has 3 N–H and O–H groups in total. The van der Waals surface area contributed by atoms with E-state index in [9.17, 15) is 18.0 Å². The number of alkyl halides is 3. The van der Waals surface area contributed by atoms with Crippen LogP contribution in [0.3, 0.4) is 0 Å². The summed E-state index contributed by atoms with van der Waals surface area (Å²) in [4.78, 5) is 10.5. The molecular weight excluding hydrogens is 280 g/mol. The van der Waals surface area contributed by atoms with Crippen LogP contribution in [0, 0.1) is 0 Å². The van der Waals surface area contributed by atoms with Gasteiger partial charge in [0.15, 0.2) is 0 Å². The molecule has 0 fully saturated rings. The Morgan fingerprint density at radius 1 is 1.35 bits per heavy atom. The van der Waals surface area contributed by atoms with Crippen molar-refractivity contribution in [2.45, 2.75) is 6.18 Å². The number of hydrogen-bond donors (Lipinski definition) is 2. The summed E-state index contributed by atoms with van der Waals surface area (Å²) in [6, 6.07) is 1.86. The molecule has 0 aliphatic carbocycles. The standard InChI is InChI=1S/C9H7Cl2F3N2O/c10-4-1-5(9(12,13)14)8(6(11)2-4)16-3-7(15)17/h1-2,16H,3H2,(H2,15,17). The van der Waals surface area contributed by atoms with Gasteiger partial charge in [0.2, 0.25) is 5.91 Å². The Hall–Kier alpha value is -1.14. The second kappa shape index (κ2) is 5.01. The summed E-state index contributed by atoms with van der Waals surface area (Å²) >= 11 is 11.1. The van der Waals surface area contributed by atoms with Crippen LogP contribution in [-0.2, 0) is 11.0 Å². The van der Waals surface area contributed by atoms with Crippen LogP contribution < -0.4 is 11.1 Å². The highest BCUT2D eigenvalue weighted by Gasteiger charge is 2.35. The Balaban J connectivity index is 3.21. The van der Waals surface area contributed by atoms with E-state index < -0.39 is 29.9 Å². The van der Waals surface area contributed by atoms with Crippen molar-refractivity contribution in [2.24, 2.45) is 5.73 Å². The molecule has 8 heteroatoms. The van der Waals surface area contributed by atoms with E-state index in [0.717, 1.165) is 12.1 Å². The molecule has 0 radical (unpaired) electrons. The Kier molecular flexibility index (Phi) is 4.11. The lowest BCUT2D eigenvalue weighted by Crippen LogP contribution is -2.23. The first-order valence-corrected chi connectivity index (χ1v) is 5.06. The molecule has 0 heterocycles. The summed E-state index contributed by atoms with van der Waals surface area (Å²) in [5.74, 6) is -0.802. The lowest BCUT2D eigenvalue weighted by atomic mass is 10.1. The van der Waals surface area contributed by atoms with Gasteiger partial charge in [0.25, 0.3) is 0 Å². The van der Waals surface area contributed by atoms with Gasteiger partial charge in [-0.25, -0.2) is 0 Å². The summed E-state index contributed by atoms with van der Waals surface area (Å²) in [6.07, 6.45) is -4.63. The number of nitrogens with one attached hydrogen (secondary N) is 1. The monoisotopic (exact) mass is 286 g/mol. The lowest BCUT2D eigenvalue weighted by molar-refractivity contribution is -0.137. The Bertz CT molecular complexity index is 449. The Morgan fingerprint density at radius 2 is 1.94 bits per heavy atom. The summed E-state index contributed by atoms with van der Waals surface area (Å²) in [7, 11) is 0. The highest BCUT2D eigenvalue weighted by Crippen LogP contribution is 2.40. The van der Waals surface area contributed by atoms with E-state index in [1.807, 2.05) is 0 Å². The van der Waals surface area contributed by atoms with Crippen molar-refractivity contribution < 1.29 is 18.0 Å². The molecule has 0 aliphatic heterocycles. The average Bonchev–Trinajstić information content (AvgIpc) is 2.13. The zero-order valence-corrected chi connectivity index (χ0v) is 9.75. The predicted octanol–water partition coefficient (Wildman–Crippen LogP) is 2.91. The van der Waals surface area contributed by atoms with Gasteiger partial charge < -0.3 is 11.1 Å². The summed E-state index contributed by atoms with van der Waals surface area (Å²) in [5, 5.41) is 1.85.